The largest absolute Gasteiger partial charge is 0.505 e. The second-order valence-electron chi connectivity index (χ2n) is 4.60. The van der Waals surface area contributed by atoms with E-state index in [1.165, 1.54) is 0 Å². The molecule has 1 aliphatic carbocycles. The Kier molecular flexibility index (Phi) is 3.09. The number of rotatable bonds is 3. The minimum Gasteiger partial charge on any atom is -0.505 e. The lowest BCUT2D eigenvalue weighted by atomic mass is 10.1. The Morgan fingerprint density at radius 3 is 2.52 bits per heavy atom. The van der Waals surface area contributed by atoms with E-state index in [1.54, 1.807) is 35.9 Å². The number of allylic oxidation sites excluding steroid dienone is 1. The monoisotopic (exact) mass is 283 g/mol. The maximum absolute atomic E-state index is 12.2. The number of azo groups is 1. The molecule has 0 atom stereocenters. The zero-order chi connectivity index (χ0) is 15.0. The first-order valence-electron chi connectivity index (χ1n) is 6.50. The third kappa shape index (κ3) is 2.03. The number of nitrogens with zero attached hydrogens (tertiary/aromatic N) is 5. The summed E-state index contributed by atoms with van der Waals surface area (Å²) in [5.74, 6) is 0.557. The topological polar surface area (TPSA) is 92.7 Å². The van der Waals surface area contributed by atoms with Crippen LogP contribution in [0.2, 0.25) is 0 Å². The third-order valence-corrected chi connectivity index (χ3v) is 3.36. The number of ketones is 1. The molecule has 1 aliphatic rings. The molecule has 1 heterocycles. The Labute approximate surface area is 120 Å². The molecule has 0 radical (unpaired) electrons. The van der Waals surface area contributed by atoms with Gasteiger partial charge in [0, 0.05) is 24.6 Å². The number of benzene rings is 1. The Bertz CT molecular complexity index is 788. The maximum Gasteiger partial charge on any atom is 0.269 e. The van der Waals surface area contributed by atoms with Crippen molar-refractivity contribution in [2.24, 2.45) is 17.3 Å². The van der Waals surface area contributed by atoms with E-state index in [0.29, 0.717) is 11.1 Å². The van der Waals surface area contributed by atoms with Gasteiger partial charge >= 0.3 is 0 Å². The highest BCUT2D eigenvalue weighted by atomic mass is 16.3. The van der Waals surface area contributed by atoms with Gasteiger partial charge in [-0.15, -0.1) is 20.4 Å². The molecule has 0 unspecified atom stereocenters. The molecule has 0 amide bonds. The predicted molar refractivity (Wildman–Crippen MR) is 75.2 cm³/mol. The Hall–Kier alpha value is -2.83. The number of carbonyl (C=O) groups is 1. The fraction of sp³-hybridized carbons (Fsp3) is 0.214. The number of Topliss-reactive ketones (excluding diaryl/α,β-unsaturated/α-hetero) is 1. The summed E-state index contributed by atoms with van der Waals surface area (Å²) in [6.07, 6.45) is 0.720. The predicted octanol–water partition coefficient (Wildman–Crippen LogP) is 2.58. The highest BCUT2D eigenvalue weighted by molar-refractivity contribution is 6.19. The van der Waals surface area contributed by atoms with Crippen molar-refractivity contribution in [3.63, 3.8) is 0 Å². The van der Waals surface area contributed by atoms with Gasteiger partial charge in [-0.05, 0) is 0 Å². The highest BCUT2D eigenvalue weighted by Gasteiger charge is 2.29. The molecule has 0 bridgehead atoms. The first-order valence-corrected chi connectivity index (χ1v) is 6.50. The van der Waals surface area contributed by atoms with E-state index >= 15 is 0 Å². The van der Waals surface area contributed by atoms with E-state index in [-0.39, 0.29) is 23.2 Å². The summed E-state index contributed by atoms with van der Waals surface area (Å²) in [5.41, 5.74) is 0.831. The van der Waals surface area contributed by atoms with E-state index in [1.807, 2.05) is 6.92 Å². The second-order valence-corrected chi connectivity index (χ2v) is 4.60. The molecule has 1 aromatic carbocycles. The van der Waals surface area contributed by atoms with Gasteiger partial charge in [-0.3, -0.25) is 9.36 Å². The minimum atomic E-state index is -0.343. The van der Waals surface area contributed by atoms with Crippen molar-refractivity contribution in [1.29, 1.82) is 0 Å². The SMILES string of the molecule is CCc1nnc(N=NC2=C(O)c3ccccc3C2=O)n1C. The maximum atomic E-state index is 12.2. The third-order valence-electron chi connectivity index (χ3n) is 3.36. The molecule has 0 fully saturated rings. The van der Waals surface area contributed by atoms with Crippen LogP contribution in [0.25, 0.3) is 5.76 Å². The molecule has 0 saturated carbocycles. The Balaban J connectivity index is 1.96. The van der Waals surface area contributed by atoms with Crippen LogP contribution in [0, 0.1) is 0 Å². The van der Waals surface area contributed by atoms with Crippen molar-refractivity contribution in [1.82, 2.24) is 14.8 Å². The molecule has 2 aromatic rings. The van der Waals surface area contributed by atoms with E-state index in [0.717, 1.165) is 12.2 Å². The van der Waals surface area contributed by atoms with Crippen LogP contribution in [0.1, 0.15) is 28.7 Å². The highest BCUT2D eigenvalue weighted by Crippen LogP contribution is 2.32. The van der Waals surface area contributed by atoms with Crippen LogP contribution in [-0.4, -0.2) is 25.7 Å². The zero-order valence-corrected chi connectivity index (χ0v) is 11.6. The van der Waals surface area contributed by atoms with Gasteiger partial charge in [0.2, 0.25) is 5.78 Å². The van der Waals surface area contributed by atoms with Gasteiger partial charge in [0.25, 0.3) is 5.95 Å². The lowest BCUT2D eigenvalue weighted by molar-refractivity contribution is 0.103. The summed E-state index contributed by atoms with van der Waals surface area (Å²) in [4.78, 5) is 12.2. The molecule has 7 heteroatoms. The van der Waals surface area contributed by atoms with Gasteiger partial charge in [-0.1, -0.05) is 31.2 Å². The van der Waals surface area contributed by atoms with E-state index in [4.69, 9.17) is 0 Å². The first kappa shape index (κ1) is 13.2. The molecule has 106 valence electrons. The average Bonchev–Trinajstić information content (AvgIpc) is 2.97. The van der Waals surface area contributed by atoms with Gasteiger partial charge in [-0.25, -0.2) is 0 Å². The van der Waals surface area contributed by atoms with Crippen LogP contribution in [0.3, 0.4) is 0 Å². The minimum absolute atomic E-state index is 0.0720. The molecule has 21 heavy (non-hydrogen) atoms. The summed E-state index contributed by atoms with van der Waals surface area (Å²) in [6, 6.07) is 6.80. The number of carbonyl (C=O) groups excluding carboxylic acids is 1. The average molecular weight is 283 g/mol. The number of aryl methyl sites for hydroxylation is 1. The van der Waals surface area contributed by atoms with Crippen molar-refractivity contribution in [2.45, 2.75) is 13.3 Å². The molecular weight excluding hydrogens is 270 g/mol. The quantitative estimate of drug-likeness (QED) is 0.876. The summed E-state index contributed by atoms with van der Waals surface area (Å²) < 4.78 is 1.69. The lowest BCUT2D eigenvalue weighted by Gasteiger charge is -1.96. The van der Waals surface area contributed by atoms with Crippen LogP contribution in [0.15, 0.2) is 40.2 Å². The fourth-order valence-electron chi connectivity index (χ4n) is 2.18. The molecule has 7 nitrogen and oxygen atoms in total. The normalized spacial score (nSPS) is 14.3. The molecule has 0 aliphatic heterocycles. The number of aliphatic hydroxyl groups is 1. The van der Waals surface area contributed by atoms with Gasteiger partial charge in [0.1, 0.15) is 5.82 Å². The summed E-state index contributed by atoms with van der Waals surface area (Å²) in [7, 11) is 1.77. The number of aliphatic hydroxyl groups excluding tert-OH is 1. The summed E-state index contributed by atoms with van der Waals surface area (Å²) in [5, 5.41) is 25.7. The van der Waals surface area contributed by atoms with Gasteiger partial charge in [0.05, 0.1) is 0 Å². The lowest BCUT2D eigenvalue weighted by Crippen LogP contribution is -1.97. The van der Waals surface area contributed by atoms with E-state index in [2.05, 4.69) is 20.4 Å². The van der Waals surface area contributed by atoms with Crippen molar-refractivity contribution in [3.05, 3.63) is 46.9 Å². The molecule has 3 rings (SSSR count). The number of aromatic nitrogens is 3. The van der Waals surface area contributed by atoms with Gasteiger partial charge in [-0.2, -0.15) is 0 Å². The molecule has 1 aromatic heterocycles. The van der Waals surface area contributed by atoms with E-state index in [9.17, 15) is 9.90 Å². The Morgan fingerprint density at radius 2 is 1.90 bits per heavy atom. The standard InChI is InChI=1S/C14H13N5O2/c1-3-10-15-17-14(19(10)2)18-16-11-12(20)8-6-4-5-7-9(8)13(11)21/h4-7,20H,3H2,1-2H3. The smallest absolute Gasteiger partial charge is 0.269 e. The van der Waals surface area contributed by atoms with Crippen molar-refractivity contribution in [2.75, 3.05) is 0 Å². The molecular formula is C14H13N5O2. The number of hydrogen-bond acceptors (Lipinski definition) is 6. The van der Waals surface area contributed by atoms with Crippen molar-refractivity contribution >= 4 is 17.5 Å². The van der Waals surface area contributed by atoms with Crippen LogP contribution in [0.5, 0.6) is 0 Å². The summed E-state index contributed by atoms with van der Waals surface area (Å²) >= 11 is 0. The van der Waals surface area contributed by atoms with Crippen LogP contribution >= 0.6 is 0 Å². The molecule has 1 N–H and O–H groups in total. The zero-order valence-electron chi connectivity index (χ0n) is 11.6. The second kappa shape index (κ2) is 4.93. The fourth-order valence-corrected chi connectivity index (χ4v) is 2.18. The molecule has 0 spiro atoms. The van der Waals surface area contributed by atoms with Crippen molar-refractivity contribution < 1.29 is 9.90 Å². The van der Waals surface area contributed by atoms with E-state index < -0.39 is 0 Å². The van der Waals surface area contributed by atoms with Gasteiger partial charge < -0.3 is 5.11 Å². The first-order chi connectivity index (χ1) is 10.1. The molecule has 0 saturated heterocycles. The van der Waals surface area contributed by atoms with Crippen LogP contribution in [0.4, 0.5) is 5.95 Å². The van der Waals surface area contributed by atoms with Crippen LogP contribution < -0.4 is 0 Å². The number of fused-ring (bicyclic) bond motifs is 1. The summed E-state index contributed by atoms with van der Waals surface area (Å²) in [6.45, 7) is 1.95. The Morgan fingerprint density at radius 1 is 1.19 bits per heavy atom. The van der Waals surface area contributed by atoms with Crippen LogP contribution in [-0.2, 0) is 13.5 Å². The van der Waals surface area contributed by atoms with Crippen molar-refractivity contribution in [3.8, 4) is 0 Å². The van der Waals surface area contributed by atoms with Gasteiger partial charge in [0.15, 0.2) is 11.5 Å². The number of hydrogen-bond donors (Lipinski definition) is 1.